The van der Waals surface area contributed by atoms with Crippen LogP contribution in [0.3, 0.4) is 0 Å². The number of rotatable bonds is 6. The minimum Gasteiger partial charge on any atom is -0.483 e. The average molecular weight is 460 g/mol. The first kappa shape index (κ1) is 20.1. The SMILES string of the molecule is Cc1ccc(OCC(=O)N(c2ccccc2)S(=O)(=O)c2ccccc2)c(Br)c1. The molecule has 7 heteroatoms. The number of amides is 1. The van der Waals surface area contributed by atoms with Gasteiger partial charge in [0.15, 0.2) is 6.61 Å². The molecule has 3 aromatic rings. The molecule has 3 aromatic carbocycles. The molecule has 144 valence electrons. The summed E-state index contributed by atoms with van der Waals surface area (Å²) in [5.41, 5.74) is 1.28. The van der Waals surface area contributed by atoms with E-state index in [0.29, 0.717) is 10.2 Å². The van der Waals surface area contributed by atoms with Crippen molar-refractivity contribution in [3.63, 3.8) is 0 Å². The smallest absolute Gasteiger partial charge is 0.278 e. The van der Waals surface area contributed by atoms with Crippen molar-refractivity contribution in [2.45, 2.75) is 11.8 Å². The molecule has 5 nitrogen and oxygen atoms in total. The van der Waals surface area contributed by atoms with Crippen molar-refractivity contribution in [3.05, 3.63) is 88.9 Å². The third kappa shape index (κ3) is 4.43. The van der Waals surface area contributed by atoms with Gasteiger partial charge in [-0.05, 0) is 64.8 Å². The first-order valence-electron chi connectivity index (χ1n) is 8.47. The van der Waals surface area contributed by atoms with Crippen LogP contribution in [0.15, 0.2) is 88.2 Å². The van der Waals surface area contributed by atoms with E-state index >= 15 is 0 Å². The molecule has 0 N–H and O–H groups in total. The van der Waals surface area contributed by atoms with Crippen molar-refractivity contribution >= 4 is 37.5 Å². The summed E-state index contributed by atoms with van der Waals surface area (Å²) in [7, 11) is -4.08. The average Bonchev–Trinajstić information content (AvgIpc) is 2.69. The minimum absolute atomic E-state index is 0.0312. The molecule has 0 heterocycles. The summed E-state index contributed by atoms with van der Waals surface area (Å²) in [6.45, 7) is 1.51. The summed E-state index contributed by atoms with van der Waals surface area (Å²) in [6.07, 6.45) is 0. The highest BCUT2D eigenvalue weighted by Crippen LogP contribution is 2.27. The molecule has 0 aliphatic rings. The molecule has 0 radical (unpaired) electrons. The molecule has 0 bridgehead atoms. The number of nitrogens with zero attached hydrogens (tertiary/aromatic N) is 1. The lowest BCUT2D eigenvalue weighted by atomic mass is 10.2. The number of carbonyl (C=O) groups is 1. The van der Waals surface area contributed by atoms with E-state index in [2.05, 4.69) is 15.9 Å². The van der Waals surface area contributed by atoms with Crippen LogP contribution in [0, 0.1) is 6.92 Å². The molecule has 0 spiro atoms. The number of hydrogen-bond donors (Lipinski definition) is 0. The van der Waals surface area contributed by atoms with Gasteiger partial charge >= 0.3 is 0 Å². The van der Waals surface area contributed by atoms with Gasteiger partial charge in [-0.15, -0.1) is 0 Å². The molecule has 28 heavy (non-hydrogen) atoms. The normalized spacial score (nSPS) is 11.1. The van der Waals surface area contributed by atoms with Gasteiger partial charge in [-0.3, -0.25) is 4.79 Å². The van der Waals surface area contributed by atoms with Crippen molar-refractivity contribution < 1.29 is 17.9 Å². The van der Waals surface area contributed by atoms with E-state index in [9.17, 15) is 13.2 Å². The van der Waals surface area contributed by atoms with E-state index in [-0.39, 0.29) is 10.6 Å². The second-order valence-corrected chi connectivity index (χ2v) is 8.68. The van der Waals surface area contributed by atoms with Crippen LogP contribution < -0.4 is 9.04 Å². The lowest BCUT2D eigenvalue weighted by Crippen LogP contribution is -2.40. The molecule has 0 aliphatic carbocycles. The number of ether oxygens (including phenoxy) is 1. The topological polar surface area (TPSA) is 63.7 Å². The number of para-hydroxylation sites is 1. The Morgan fingerprint density at radius 2 is 1.57 bits per heavy atom. The Hall–Kier alpha value is -2.64. The second-order valence-electron chi connectivity index (χ2n) is 6.03. The number of anilines is 1. The number of carbonyl (C=O) groups excluding carboxylic acids is 1. The molecule has 0 unspecified atom stereocenters. The quantitative estimate of drug-likeness (QED) is 0.541. The van der Waals surface area contributed by atoms with Crippen LogP contribution in [-0.4, -0.2) is 20.9 Å². The van der Waals surface area contributed by atoms with Crippen molar-refractivity contribution in [2.24, 2.45) is 0 Å². The second kappa shape index (κ2) is 8.58. The molecule has 1 amide bonds. The first-order valence-corrected chi connectivity index (χ1v) is 10.7. The van der Waals surface area contributed by atoms with Gasteiger partial charge in [-0.2, -0.15) is 4.31 Å². The van der Waals surface area contributed by atoms with Crippen molar-refractivity contribution in [1.29, 1.82) is 0 Å². The maximum absolute atomic E-state index is 13.1. The number of benzene rings is 3. The number of hydrogen-bond acceptors (Lipinski definition) is 4. The van der Waals surface area contributed by atoms with Crippen molar-refractivity contribution in [1.82, 2.24) is 0 Å². The van der Waals surface area contributed by atoms with Crippen LogP contribution in [0.4, 0.5) is 5.69 Å². The number of halogens is 1. The van der Waals surface area contributed by atoms with Gasteiger partial charge in [0.25, 0.3) is 15.9 Å². The maximum atomic E-state index is 13.1. The van der Waals surface area contributed by atoms with Gasteiger partial charge in [0, 0.05) is 0 Å². The lowest BCUT2D eigenvalue weighted by molar-refractivity contribution is -0.119. The standard InChI is InChI=1S/C21H18BrNO4S/c1-16-12-13-20(19(22)14-16)27-15-21(24)23(17-8-4-2-5-9-17)28(25,26)18-10-6-3-7-11-18/h2-14H,15H2,1H3. The predicted octanol–water partition coefficient (Wildman–Crippen LogP) is 4.56. The molecular formula is C21H18BrNO4S. The Labute approximate surface area is 172 Å². The Balaban J connectivity index is 1.92. The Kier molecular flexibility index (Phi) is 6.16. The van der Waals surface area contributed by atoms with Gasteiger partial charge in [0.1, 0.15) is 5.75 Å². The van der Waals surface area contributed by atoms with Crippen molar-refractivity contribution in [2.75, 3.05) is 10.9 Å². The van der Waals surface area contributed by atoms with Gasteiger partial charge in [0.2, 0.25) is 0 Å². The van der Waals surface area contributed by atoms with Crippen LogP contribution in [0.2, 0.25) is 0 Å². The summed E-state index contributed by atoms with van der Waals surface area (Å²) in [4.78, 5) is 13.0. The molecule has 0 fully saturated rings. The number of aryl methyl sites for hydroxylation is 1. The van der Waals surface area contributed by atoms with E-state index in [1.807, 2.05) is 19.1 Å². The van der Waals surface area contributed by atoms with Gasteiger partial charge in [0.05, 0.1) is 15.1 Å². The van der Waals surface area contributed by atoms with Gasteiger partial charge in [-0.25, -0.2) is 8.42 Å². The largest absolute Gasteiger partial charge is 0.483 e. The van der Waals surface area contributed by atoms with Crippen LogP contribution in [0.25, 0.3) is 0 Å². The highest BCUT2D eigenvalue weighted by atomic mass is 79.9. The third-order valence-corrected chi connectivity index (χ3v) is 6.32. The zero-order valence-electron chi connectivity index (χ0n) is 15.1. The Morgan fingerprint density at radius 3 is 2.18 bits per heavy atom. The Bertz CT molecular complexity index is 1070. The molecule has 0 aliphatic heterocycles. The van der Waals surface area contributed by atoms with E-state index in [1.54, 1.807) is 54.6 Å². The summed E-state index contributed by atoms with van der Waals surface area (Å²) >= 11 is 3.39. The summed E-state index contributed by atoms with van der Waals surface area (Å²) in [5, 5.41) is 0. The molecule has 0 saturated carbocycles. The monoisotopic (exact) mass is 459 g/mol. The predicted molar refractivity (Wildman–Crippen MR) is 112 cm³/mol. The van der Waals surface area contributed by atoms with E-state index in [4.69, 9.17) is 4.74 Å². The van der Waals surface area contributed by atoms with E-state index < -0.39 is 22.5 Å². The maximum Gasteiger partial charge on any atom is 0.278 e. The highest BCUT2D eigenvalue weighted by molar-refractivity contribution is 9.10. The summed E-state index contributed by atoms with van der Waals surface area (Å²) in [6, 6.07) is 21.5. The molecule has 0 atom stereocenters. The van der Waals surface area contributed by atoms with Crippen LogP contribution in [0.1, 0.15) is 5.56 Å². The molecule has 0 aromatic heterocycles. The molecule has 3 rings (SSSR count). The highest BCUT2D eigenvalue weighted by Gasteiger charge is 2.31. The fourth-order valence-corrected chi connectivity index (χ4v) is 4.64. The van der Waals surface area contributed by atoms with Gasteiger partial charge < -0.3 is 4.74 Å². The lowest BCUT2D eigenvalue weighted by Gasteiger charge is -2.23. The fraction of sp³-hybridized carbons (Fsp3) is 0.0952. The fourth-order valence-electron chi connectivity index (χ4n) is 2.60. The summed E-state index contributed by atoms with van der Waals surface area (Å²) in [5.74, 6) is -0.230. The zero-order valence-corrected chi connectivity index (χ0v) is 17.5. The molecular weight excluding hydrogens is 442 g/mol. The van der Waals surface area contributed by atoms with Crippen molar-refractivity contribution in [3.8, 4) is 5.75 Å². The van der Waals surface area contributed by atoms with E-state index in [1.165, 1.54) is 12.1 Å². The van der Waals surface area contributed by atoms with Gasteiger partial charge in [-0.1, -0.05) is 42.5 Å². The summed E-state index contributed by atoms with van der Waals surface area (Å²) < 4.78 is 33.3. The zero-order chi connectivity index (χ0) is 20.1. The molecule has 0 saturated heterocycles. The Morgan fingerprint density at radius 1 is 0.964 bits per heavy atom. The minimum atomic E-state index is -4.08. The first-order chi connectivity index (χ1) is 13.4. The third-order valence-electron chi connectivity index (χ3n) is 3.94. The van der Waals surface area contributed by atoms with Crippen LogP contribution in [0.5, 0.6) is 5.75 Å². The van der Waals surface area contributed by atoms with E-state index in [0.717, 1.165) is 9.87 Å². The van der Waals surface area contributed by atoms with Crippen LogP contribution in [-0.2, 0) is 14.8 Å². The van der Waals surface area contributed by atoms with Crippen LogP contribution >= 0.6 is 15.9 Å². The number of sulfonamides is 1.